The van der Waals surface area contributed by atoms with Crippen LogP contribution in [0.1, 0.15) is 16.2 Å². The lowest BCUT2D eigenvalue weighted by molar-refractivity contribution is 0.0601. The standard InChI is InChI=1S/C17H14N2O4S/c1-23-17(22)10-2-7-13-14(8-10)18-15(19-16(13)21)9-24-12-5-3-11(20)4-6-12/h2-8,20H,9H2,1H3,(H,18,19,21). The van der Waals surface area contributed by atoms with Crippen molar-refractivity contribution >= 4 is 28.6 Å². The number of rotatable bonds is 4. The molecule has 6 nitrogen and oxygen atoms in total. The molecule has 0 unspecified atom stereocenters. The molecule has 24 heavy (non-hydrogen) atoms. The molecule has 0 amide bonds. The fourth-order valence-electron chi connectivity index (χ4n) is 2.20. The van der Waals surface area contributed by atoms with Crippen LogP contribution in [0.3, 0.4) is 0 Å². The number of methoxy groups -OCH3 is 1. The topological polar surface area (TPSA) is 92.3 Å². The summed E-state index contributed by atoms with van der Waals surface area (Å²) >= 11 is 1.48. The number of esters is 1. The third-order valence-electron chi connectivity index (χ3n) is 3.39. The number of thioether (sulfide) groups is 1. The Bertz CT molecular complexity index is 951. The Labute approximate surface area is 141 Å². The van der Waals surface area contributed by atoms with Gasteiger partial charge in [-0.1, -0.05) is 0 Å². The molecule has 0 aliphatic rings. The maximum absolute atomic E-state index is 12.2. The molecule has 2 N–H and O–H groups in total. The van der Waals surface area contributed by atoms with Crippen LogP contribution in [-0.2, 0) is 10.5 Å². The number of carbonyl (C=O) groups excluding carboxylic acids is 1. The molecule has 1 aromatic heterocycles. The average molecular weight is 342 g/mol. The minimum Gasteiger partial charge on any atom is -0.508 e. The van der Waals surface area contributed by atoms with Crippen molar-refractivity contribution in [1.29, 1.82) is 0 Å². The Balaban J connectivity index is 1.89. The SMILES string of the molecule is COC(=O)c1ccc2c(=O)[nH]c(CSc3ccc(O)cc3)nc2c1. The smallest absolute Gasteiger partial charge is 0.337 e. The van der Waals surface area contributed by atoms with E-state index >= 15 is 0 Å². The second-order valence-electron chi connectivity index (χ2n) is 5.02. The van der Waals surface area contributed by atoms with Crippen LogP contribution in [-0.4, -0.2) is 28.2 Å². The third-order valence-corrected chi connectivity index (χ3v) is 4.41. The molecule has 0 atom stereocenters. The lowest BCUT2D eigenvalue weighted by Crippen LogP contribution is -2.12. The molecule has 122 valence electrons. The Morgan fingerprint density at radius 2 is 2.00 bits per heavy atom. The monoisotopic (exact) mass is 342 g/mol. The number of nitrogens with zero attached hydrogens (tertiary/aromatic N) is 1. The Morgan fingerprint density at radius 3 is 2.71 bits per heavy atom. The summed E-state index contributed by atoms with van der Waals surface area (Å²) < 4.78 is 4.68. The molecule has 0 radical (unpaired) electrons. The zero-order valence-corrected chi connectivity index (χ0v) is 13.6. The van der Waals surface area contributed by atoms with Crippen LogP contribution >= 0.6 is 11.8 Å². The van der Waals surface area contributed by atoms with Crippen molar-refractivity contribution in [2.75, 3.05) is 7.11 Å². The number of fused-ring (bicyclic) bond motifs is 1. The molecule has 0 spiro atoms. The number of aromatic amines is 1. The van der Waals surface area contributed by atoms with Crippen LogP contribution in [0, 0.1) is 0 Å². The van der Waals surface area contributed by atoms with Gasteiger partial charge in [-0.3, -0.25) is 4.79 Å². The van der Waals surface area contributed by atoms with Crippen molar-refractivity contribution in [3.8, 4) is 5.75 Å². The van der Waals surface area contributed by atoms with Gasteiger partial charge in [-0.15, -0.1) is 11.8 Å². The van der Waals surface area contributed by atoms with E-state index in [9.17, 15) is 14.7 Å². The Kier molecular flexibility index (Phi) is 4.52. The number of phenolic OH excluding ortho intramolecular Hbond substituents is 1. The van der Waals surface area contributed by atoms with E-state index in [1.165, 1.54) is 24.9 Å². The number of ether oxygens (including phenoxy) is 1. The van der Waals surface area contributed by atoms with Crippen LogP contribution in [0.2, 0.25) is 0 Å². The van der Waals surface area contributed by atoms with Crippen LogP contribution in [0.5, 0.6) is 5.75 Å². The van der Waals surface area contributed by atoms with Gasteiger partial charge in [0.1, 0.15) is 11.6 Å². The Hall–Kier alpha value is -2.80. The van der Waals surface area contributed by atoms with Gasteiger partial charge in [-0.05, 0) is 42.5 Å². The number of phenols is 1. The molecule has 0 saturated heterocycles. The average Bonchev–Trinajstić information content (AvgIpc) is 2.60. The number of hydrogen-bond donors (Lipinski definition) is 2. The maximum Gasteiger partial charge on any atom is 0.337 e. The fraction of sp³-hybridized carbons (Fsp3) is 0.118. The second kappa shape index (κ2) is 6.76. The van der Waals surface area contributed by atoms with Crippen LogP contribution in [0.25, 0.3) is 10.9 Å². The summed E-state index contributed by atoms with van der Waals surface area (Å²) in [5.41, 5.74) is 0.543. The number of nitrogens with one attached hydrogen (secondary N) is 1. The summed E-state index contributed by atoms with van der Waals surface area (Å²) in [6.07, 6.45) is 0. The van der Waals surface area contributed by atoms with Gasteiger partial charge in [0.2, 0.25) is 0 Å². The number of benzene rings is 2. The first-order chi connectivity index (χ1) is 11.6. The van der Waals surface area contributed by atoms with Crippen LogP contribution < -0.4 is 5.56 Å². The van der Waals surface area contributed by atoms with Gasteiger partial charge in [0.05, 0.1) is 29.3 Å². The highest BCUT2D eigenvalue weighted by molar-refractivity contribution is 7.98. The van der Waals surface area contributed by atoms with Crippen molar-refractivity contribution in [2.24, 2.45) is 0 Å². The zero-order valence-electron chi connectivity index (χ0n) is 12.8. The van der Waals surface area contributed by atoms with Crippen LogP contribution in [0.15, 0.2) is 52.2 Å². The first-order valence-corrected chi connectivity index (χ1v) is 8.08. The van der Waals surface area contributed by atoms with E-state index in [0.717, 1.165) is 4.90 Å². The molecule has 0 saturated carbocycles. The molecule has 3 rings (SSSR count). The first kappa shape index (κ1) is 16.1. The van der Waals surface area contributed by atoms with Crippen LogP contribution in [0.4, 0.5) is 0 Å². The van der Waals surface area contributed by atoms with Gasteiger partial charge < -0.3 is 14.8 Å². The quantitative estimate of drug-likeness (QED) is 0.559. The lowest BCUT2D eigenvalue weighted by Gasteiger charge is -2.05. The number of hydrogen-bond acceptors (Lipinski definition) is 6. The summed E-state index contributed by atoms with van der Waals surface area (Å²) in [5, 5.41) is 9.70. The van der Waals surface area contributed by atoms with Gasteiger partial charge in [0, 0.05) is 4.90 Å². The van der Waals surface area contributed by atoms with Gasteiger partial charge >= 0.3 is 5.97 Å². The first-order valence-electron chi connectivity index (χ1n) is 7.10. The summed E-state index contributed by atoms with van der Waals surface area (Å²) in [5.74, 6) is 0.691. The summed E-state index contributed by atoms with van der Waals surface area (Å²) in [7, 11) is 1.30. The third kappa shape index (κ3) is 3.41. The van der Waals surface area contributed by atoms with E-state index in [0.29, 0.717) is 28.0 Å². The molecular formula is C17H14N2O4S. The molecular weight excluding hydrogens is 328 g/mol. The van der Waals surface area contributed by atoms with Gasteiger partial charge in [0.25, 0.3) is 5.56 Å². The highest BCUT2D eigenvalue weighted by Crippen LogP contribution is 2.23. The van der Waals surface area contributed by atoms with Crippen molar-refractivity contribution in [2.45, 2.75) is 10.6 Å². The van der Waals surface area contributed by atoms with Crippen molar-refractivity contribution in [3.05, 3.63) is 64.2 Å². The zero-order chi connectivity index (χ0) is 17.1. The van der Waals surface area contributed by atoms with Gasteiger partial charge in [0.15, 0.2) is 0 Å². The molecule has 0 bridgehead atoms. The number of aromatic nitrogens is 2. The van der Waals surface area contributed by atoms with E-state index in [1.807, 2.05) is 0 Å². The fourth-order valence-corrected chi connectivity index (χ4v) is 2.96. The lowest BCUT2D eigenvalue weighted by atomic mass is 10.1. The number of H-pyrrole nitrogens is 1. The highest BCUT2D eigenvalue weighted by atomic mass is 32.2. The molecule has 1 heterocycles. The molecule has 0 aliphatic carbocycles. The minimum atomic E-state index is -0.473. The molecule has 2 aromatic carbocycles. The van der Waals surface area contributed by atoms with E-state index in [1.54, 1.807) is 36.4 Å². The largest absolute Gasteiger partial charge is 0.508 e. The molecule has 0 fully saturated rings. The van der Waals surface area contributed by atoms with E-state index < -0.39 is 5.97 Å². The predicted octanol–water partition coefficient (Wildman–Crippen LogP) is 2.71. The van der Waals surface area contributed by atoms with E-state index in [-0.39, 0.29) is 11.3 Å². The van der Waals surface area contributed by atoms with E-state index in [2.05, 4.69) is 14.7 Å². The molecule has 3 aromatic rings. The predicted molar refractivity (Wildman–Crippen MR) is 91.4 cm³/mol. The minimum absolute atomic E-state index is 0.201. The summed E-state index contributed by atoms with van der Waals surface area (Å²) in [6, 6.07) is 11.4. The van der Waals surface area contributed by atoms with Crippen molar-refractivity contribution < 1.29 is 14.6 Å². The van der Waals surface area contributed by atoms with Gasteiger partial charge in [-0.25, -0.2) is 9.78 Å². The highest BCUT2D eigenvalue weighted by Gasteiger charge is 2.10. The number of carbonyl (C=O) groups is 1. The van der Waals surface area contributed by atoms with Gasteiger partial charge in [-0.2, -0.15) is 0 Å². The summed E-state index contributed by atoms with van der Waals surface area (Å²) in [6.45, 7) is 0. The van der Waals surface area contributed by atoms with E-state index in [4.69, 9.17) is 0 Å². The normalized spacial score (nSPS) is 10.7. The van der Waals surface area contributed by atoms with Crippen molar-refractivity contribution in [1.82, 2.24) is 9.97 Å². The molecule has 7 heteroatoms. The summed E-state index contributed by atoms with van der Waals surface area (Å²) in [4.78, 5) is 31.9. The maximum atomic E-state index is 12.2. The second-order valence-corrected chi connectivity index (χ2v) is 6.07. The van der Waals surface area contributed by atoms with Crippen molar-refractivity contribution in [3.63, 3.8) is 0 Å². The molecule has 0 aliphatic heterocycles. The number of aromatic hydroxyl groups is 1. The Morgan fingerprint density at radius 1 is 1.25 bits per heavy atom.